The molecule has 2 heterocycles. The Bertz CT molecular complexity index is 1460. The van der Waals surface area contributed by atoms with Crippen LogP contribution in [0.15, 0.2) is 50.2 Å². The van der Waals surface area contributed by atoms with Gasteiger partial charge in [0.2, 0.25) is 21.7 Å². The number of benzene rings is 2. The van der Waals surface area contributed by atoms with Gasteiger partial charge in [0.15, 0.2) is 0 Å². The van der Waals surface area contributed by atoms with E-state index in [1.807, 2.05) is 26.8 Å². The highest BCUT2D eigenvalue weighted by Gasteiger charge is 2.28. The highest BCUT2D eigenvalue weighted by molar-refractivity contribution is 7.89. The third kappa shape index (κ3) is 4.36. The Morgan fingerprint density at radius 2 is 1.79 bits per heavy atom. The minimum absolute atomic E-state index is 0.0748. The lowest BCUT2D eigenvalue weighted by Crippen LogP contribution is -2.44. The normalized spacial score (nSPS) is 13.8. The molecule has 0 aliphatic heterocycles. The molecule has 2 N–H and O–H groups in total. The summed E-state index contributed by atoms with van der Waals surface area (Å²) >= 11 is 0. The number of aromatic nitrogens is 2. The fraction of sp³-hybridized carbons (Fsp3) is 0.348. The monoisotopic (exact) mass is 471 g/mol. The predicted molar refractivity (Wildman–Crippen MR) is 122 cm³/mol. The molecule has 33 heavy (non-hydrogen) atoms. The van der Waals surface area contributed by atoms with E-state index in [1.54, 1.807) is 32.0 Å². The molecule has 0 spiro atoms. The van der Waals surface area contributed by atoms with Gasteiger partial charge in [0.05, 0.1) is 4.90 Å². The highest BCUT2D eigenvalue weighted by atomic mass is 32.2. The molecule has 0 radical (unpaired) electrons. The molecule has 174 valence electrons. The standard InChI is InChI=1S/C23H25N3O6S/c1-12(2)19(21(27)28)26-33(29,30)14-7-8-15-16-10-13(6-9-17(16)31-18(15)11-14)20-24-22(32-25-20)23(3,4)5/h6-12,19,26H,1-5H3,(H,27,28)/t19-/m1/s1. The van der Waals surface area contributed by atoms with Gasteiger partial charge >= 0.3 is 5.97 Å². The van der Waals surface area contributed by atoms with Gasteiger partial charge in [0.1, 0.15) is 17.2 Å². The summed E-state index contributed by atoms with van der Waals surface area (Å²) in [6, 6.07) is 8.66. The van der Waals surface area contributed by atoms with E-state index < -0.39 is 28.0 Å². The molecule has 0 aliphatic carbocycles. The molecular formula is C23H25N3O6S. The maximum atomic E-state index is 12.8. The van der Waals surface area contributed by atoms with Crippen LogP contribution in [-0.4, -0.2) is 35.7 Å². The van der Waals surface area contributed by atoms with Crippen LogP contribution >= 0.6 is 0 Å². The van der Waals surface area contributed by atoms with Crippen LogP contribution < -0.4 is 4.72 Å². The number of fused-ring (bicyclic) bond motifs is 3. The Morgan fingerprint density at radius 1 is 1.06 bits per heavy atom. The molecule has 4 rings (SSSR count). The van der Waals surface area contributed by atoms with E-state index in [1.165, 1.54) is 12.1 Å². The molecule has 0 aliphatic rings. The van der Waals surface area contributed by atoms with Crippen LogP contribution in [0.5, 0.6) is 0 Å². The van der Waals surface area contributed by atoms with E-state index in [-0.39, 0.29) is 10.3 Å². The van der Waals surface area contributed by atoms with Gasteiger partial charge < -0.3 is 14.0 Å². The van der Waals surface area contributed by atoms with Crippen molar-refractivity contribution < 1.29 is 27.3 Å². The molecule has 0 unspecified atom stereocenters. The number of furan rings is 1. The van der Waals surface area contributed by atoms with Gasteiger partial charge in [0, 0.05) is 27.8 Å². The summed E-state index contributed by atoms with van der Waals surface area (Å²) < 4.78 is 39.1. The molecule has 10 heteroatoms. The zero-order valence-corrected chi connectivity index (χ0v) is 19.7. The van der Waals surface area contributed by atoms with Crippen molar-refractivity contribution in [2.45, 2.75) is 51.0 Å². The fourth-order valence-electron chi connectivity index (χ4n) is 3.42. The first-order valence-corrected chi connectivity index (χ1v) is 11.9. The number of hydrogen-bond acceptors (Lipinski definition) is 7. The van der Waals surface area contributed by atoms with Crippen LogP contribution in [0.25, 0.3) is 33.3 Å². The first-order chi connectivity index (χ1) is 15.4. The van der Waals surface area contributed by atoms with Crippen molar-refractivity contribution >= 4 is 37.9 Å². The minimum atomic E-state index is -4.06. The number of nitrogens with zero attached hydrogens (tertiary/aromatic N) is 2. The predicted octanol–water partition coefficient (Wildman–Crippen LogP) is 4.32. The Kier molecular flexibility index (Phi) is 5.53. The summed E-state index contributed by atoms with van der Waals surface area (Å²) in [4.78, 5) is 15.8. The second kappa shape index (κ2) is 7.96. The molecule has 0 fully saturated rings. The van der Waals surface area contributed by atoms with E-state index >= 15 is 0 Å². The quantitative estimate of drug-likeness (QED) is 0.424. The molecule has 4 aromatic rings. The van der Waals surface area contributed by atoms with Crippen molar-refractivity contribution in [1.82, 2.24) is 14.9 Å². The SMILES string of the molecule is CC(C)[C@@H](NS(=O)(=O)c1ccc2c(c1)oc1ccc(-c3noc(C(C)(C)C)n3)cc12)C(=O)O. The summed E-state index contributed by atoms with van der Waals surface area (Å²) in [6.07, 6.45) is 0. The largest absolute Gasteiger partial charge is 0.480 e. The fourth-order valence-corrected chi connectivity index (χ4v) is 4.77. The Hall–Kier alpha value is -3.24. The van der Waals surface area contributed by atoms with Crippen LogP contribution in [0.4, 0.5) is 0 Å². The van der Waals surface area contributed by atoms with Crippen LogP contribution in [-0.2, 0) is 20.2 Å². The summed E-state index contributed by atoms with van der Waals surface area (Å²) in [6.45, 7) is 9.22. The average molecular weight is 472 g/mol. The number of carboxylic acids is 1. The molecule has 0 bridgehead atoms. The summed E-state index contributed by atoms with van der Waals surface area (Å²) in [5.74, 6) is -0.678. The summed E-state index contributed by atoms with van der Waals surface area (Å²) in [5.41, 5.74) is 1.40. The second-order valence-corrected chi connectivity index (χ2v) is 11.0. The molecule has 0 amide bonds. The summed E-state index contributed by atoms with van der Waals surface area (Å²) in [7, 11) is -4.06. The van der Waals surface area contributed by atoms with Gasteiger partial charge in [-0.05, 0) is 36.2 Å². The lowest BCUT2D eigenvalue weighted by atomic mass is 9.97. The molecule has 9 nitrogen and oxygen atoms in total. The van der Waals surface area contributed by atoms with Crippen LogP contribution in [0.3, 0.4) is 0 Å². The Labute approximate surface area is 190 Å². The van der Waals surface area contributed by atoms with E-state index in [2.05, 4.69) is 14.9 Å². The third-order valence-corrected chi connectivity index (χ3v) is 6.73. The maximum absolute atomic E-state index is 12.8. The van der Waals surface area contributed by atoms with Crippen LogP contribution in [0.1, 0.15) is 40.5 Å². The van der Waals surface area contributed by atoms with Crippen LogP contribution in [0.2, 0.25) is 0 Å². The van der Waals surface area contributed by atoms with E-state index in [4.69, 9.17) is 8.94 Å². The van der Waals surface area contributed by atoms with E-state index in [9.17, 15) is 18.3 Å². The number of hydrogen-bond donors (Lipinski definition) is 2. The first kappa shape index (κ1) is 22.9. The molecule has 0 saturated carbocycles. The number of rotatable bonds is 6. The molecular weight excluding hydrogens is 446 g/mol. The van der Waals surface area contributed by atoms with Crippen molar-refractivity contribution in [2.75, 3.05) is 0 Å². The number of sulfonamides is 1. The molecule has 1 atom stereocenters. The van der Waals surface area contributed by atoms with Gasteiger partial charge in [-0.15, -0.1) is 0 Å². The zero-order chi connectivity index (χ0) is 24.1. The number of aliphatic carboxylic acids is 1. The molecule has 2 aromatic heterocycles. The van der Waals surface area contributed by atoms with Crippen LogP contribution in [0, 0.1) is 5.92 Å². The first-order valence-electron chi connectivity index (χ1n) is 10.4. The van der Waals surface area contributed by atoms with Crippen molar-refractivity contribution in [1.29, 1.82) is 0 Å². The van der Waals surface area contributed by atoms with Gasteiger partial charge in [-0.25, -0.2) is 8.42 Å². The van der Waals surface area contributed by atoms with Crippen molar-refractivity contribution in [3.63, 3.8) is 0 Å². The smallest absolute Gasteiger partial charge is 0.322 e. The third-order valence-electron chi connectivity index (χ3n) is 5.29. The average Bonchev–Trinajstić information content (AvgIpc) is 3.35. The van der Waals surface area contributed by atoms with Crippen molar-refractivity contribution in [3.8, 4) is 11.4 Å². The number of nitrogens with one attached hydrogen (secondary N) is 1. The van der Waals surface area contributed by atoms with Crippen molar-refractivity contribution in [3.05, 3.63) is 42.3 Å². The van der Waals surface area contributed by atoms with Gasteiger partial charge in [-0.1, -0.05) is 39.8 Å². The Morgan fingerprint density at radius 3 is 2.39 bits per heavy atom. The zero-order valence-electron chi connectivity index (χ0n) is 18.9. The lowest BCUT2D eigenvalue weighted by molar-refractivity contribution is -0.140. The number of carboxylic acid groups (broad SMARTS) is 1. The van der Waals surface area contributed by atoms with Crippen molar-refractivity contribution in [2.24, 2.45) is 5.92 Å². The van der Waals surface area contributed by atoms with Gasteiger partial charge in [0.25, 0.3) is 0 Å². The van der Waals surface area contributed by atoms with E-state index in [0.29, 0.717) is 28.3 Å². The lowest BCUT2D eigenvalue weighted by Gasteiger charge is -2.17. The number of carbonyl (C=O) groups is 1. The molecule has 0 saturated heterocycles. The summed E-state index contributed by atoms with van der Waals surface area (Å²) in [5, 5.41) is 14.9. The topological polar surface area (TPSA) is 136 Å². The van der Waals surface area contributed by atoms with Gasteiger partial charge in [-0.3, -0.25) is 4.79 Å². The second-order valence-electron chi connectivity index (χ2n) is 9.33. The van der Waals surface area contributed by atoms with E-state index in [0.717, 1.165) is 10.9 Å². The van der Waals surface area contributed by atoms with Gasteiger partial charge in [-0.2, -0.15) is 9.71 Å². The molecule has 2 aromatic carbocycles. The maximum Gasteiger partial charge on any atom is 0.322 e. The highest BCUT2D eigenvalue weighted by Crippen LogP contribution is 2.33. The minimum Gasteiger partial charge on any atom is -0.480 e. The Balaban J connectivity index is 1.73.